The standard InChI is InChI=1S/C26H32FN5O3/c1-17(2)24-21(28-16-32(24)9-5-8-31-10-11-35-18(3)15-31)14-23-26(34)29-22(25(33)30-23)13-19-6-4-7-20(27)12-19/h4,6-7,12-14,16-18H,5,8-11,15H2,1-3H3,(H,29,34)(H,30,33)/b22-13-,23-14-. The lowest BCUT2D eigenvalue weighted by atomic mass is 10.1. The summed E-state index contributed by atoms with van der Waals surface area (Å²) in [6.07, 6.45) is 6.09. The Morgan fingerprint density at radius 1 is 1.17 bits per heavy atom. The molecule has 3 heterocycles. The van der Waals surface area contributed by atoms with Gasteiger partial charge in [-0.25, -0.2) is 9.37 Å². The zero-order valence-electron chi connectivity index (χ0n) is 20.4. The third-order valence-electron chi connectivity index (χ3n) is 6.08. The van der Waals surface area contributed by atoms with Crippen LogP contribution < -0.4 is 21.8 Å². The molecule has 0 amide bonds. The van der Waals surface area contributed by atoms with Gasteiger partial charge >= 0.3 is 0 Å². The molecule has 1 unspecified atom stereocenters. The summed E-state index contributed by atoms with van der Waals surface area (Å²) < 4.78 is 21.2. The van der Waals surface area contributed by atoms with Gasteiger partial charge < -0.3 is 19.3 Å². The molecule has 1 atom stereocenters. The minimum atomic E-state index is -0.467. The summed E-state index contributed by atoms with van der Waals surface area (Å²) in [6.45, 7) is 10.7. The molecule has 1 aromatic carbocycles. The number of hydrogen-bond donors (Lipinski definition) is 2. The van der Waals surface area contributed by atoms with Crippen LogP contribution in [0.3, 0.4) is 0 Å². The number of aromatic nitrogens is 4. The molecular formula is C26H32FN5O3. The van der Waals surface area contributed by atoms with Crippen LogP contribution in [-0.4, -0.2) is 56.8 Å². The van der Waals surface area contributed by atoms with Gasteiger partial charge in [0.1, 0.15) is 16.5 Å². The van der Waals surface area contributed by atoms with E-state index in [0.717, 1.165) is 44.9 Å². The Kier molecular flexibility index (Phi) is 7.77. The number of morpholine rings is 1. The number of nitrogens with zero attached hydrogens (tertiary/aromatic N) is 3. The summed E-state index contributed by atoms with van der Waals surface area (Å²) in [5.41, 5.74) is 1.23. The number of halogens is 1. The minimum Gasteiger partial charge on any atom is -0.376 e. The number of nitrogens with one attached hydrogen (secondary N) is 2. The molecule has 2 N–H and O–H groups in total. The lowest BCUT2D eigenvalue weighted by molar-refractivity contribution is -0.0187. The monoisotopic (exact) mass is 481 g/mol. The third-order valence-corrected chi connectivity index (χ3v) is 6.08. The second kappa shape index (κ2) is 11.0. The van der Waals surface area contributed by atoms with Crippen LogP contribution in [0.5, 0.6) is 0 Å². The van der Waals surface area contributed by atoms with Crippen LogP contribution in [0.2, 0.25) is 0 Å². The lowest BCUT2D eigenvalue weighted by Gasteiger charge is -2.31. The Morgan fingerprint density at radius 2 is 1.91 bits per heavy atom. The Labute approximate surface area is 202 Å². The SMILES string of the molecule is CC1CN(CCCn2cnc(/C=c3\[nH]c(=O)/c(=C/c4cccc(F)c4)[nH]c3=O)c2C(C)C)CCO1. The molecule has 9 heteroatoms. The summed E-state index contributed by atoms with van der Waals surface area (Å²) in [5.74, 6) is -0.239. The van der Waals surface area contributed by atoms with Gasteiger partial charge in [-0.05, 0) is 49.1 Å². The topological polar surface area (TPSA) is 96.0 Å². The van der Waals surface area contributed by atoms with Crippen LogP contribution in [-0.2, 0) is 11.3 Å². The molecule has 2 aromatic heterocycles. The van der Waals surface area contributed by atoms with E-state index in [1.807, 2.05) is 0 Å². The number of aromatic amines is 2. The van der Waals surface area contributed by atoms with E-state index < -0.39 is 16.9 Å². The maximum atomic E-state index is 13.4. The zero-order chi connectivity index (χ0) is 24.9. The summed E-state index contributed by atoms with van der Waals surface area (Å²) in [7, 11) is 0. The molecule has 1 aliphatic heterocycles. The second-order valence-corrected chi connectivity index (χ2v) is 9.28. The Morgan fingerprint density at radius 3 is 2.60 bits per heavy atom. The van der Waals surface area contributed by atoms with Crippen LogP contribution in [0.1, 0.15) is 50.1 Å². The van der Waals surface area contributed by atoms with Gasteiger partial charge in [-0.1, -0.05) is 26.0 Å². The van der Waals surface area contributed by atoms with Crippen molar-refractivity contribution in [3.63, 3.8) is 0 Å². The second-order valence-electron chi connectivity index (χ2n) is 9.28. The van der Waals surface area contributed by atoms with E-state index in [2.05, 4.69) is 45.2 Å². The Bertz CT molecular complexity index is 1410. The molecule has 8 nitrogen and oxygen atoms in total. The molecule has 0 bridgehead atoms. The molecule has 0 spiro atoms. The normalized spacial score (nSPS) is 18.0. The third kappa shape index (κ3) is 6.23. The highest BCUT2D eigenvalue weighted by atomic mass is 19.1. The molecular weight excluding hydrogens is 449 g/mol. The van der Waals surface area contributed by atoms with Crippen molar-refractivity contribution in [2.75, 3.05) is 26.2 Å². The molecule has 1 aliphatic rings. The van der Waals surface area contributed by atoms with Gasteiger partial charge in [-0.2, -0.15) is 0 Å². The van der Waals surface area contributed by atoms with Crippen molar-refractivity contribution >= 4 is 12.2 Å². The van der Waals surface area contributed by atoms with Crippen molar-refractivity contribution in [3.05, 3.63) is 84.8 Å². The fourth-order valence-electron chi connectivity index (χ4n) is 4.48. The highest BCUT2D eigenvalue weighted by Gasteiger charge is 2.17. The summed E-state index contributed by atoms with van der Waals surface area (Å²) in [4.78, 5) is 37.5. The quantitative estimate of drug-likeness (QED) is 0.530. The maximum absolute atomic E-state index is 13.4. The van der Waals surface area contributed by atoms with E-state index in [0.29, 0.717) is 11.3 Å². The molecule has 35 heavy (non-hydrogen) atoms. The largest absolute Gasteiger partial charge is 0.376 e. The zero-order valence-corrected chi connectivity index (χ0v) is 20.4. The number of benzene rings is 1. The first-order chi connectivity index (χ1) is 16.8. The predicted octanol–water partition coefficient (Wildman–Crippen LogP) is 1.29. The van der Waals surface area contributed by atoms with Gasteiger partial charge in [0.15, 0.2) is 0 Å². The molecule has 0 radical (unpaired) electrons. The van der Waals surface area contributed by atoms with Gasteiger partial charge in [0.2, 0.25) is 0 Å². The van der Waals surface area contributed by atoms with Gasteiger partial charge in [-0.3, -0.25) is 14.5 Å². The number of H-pyrrole nitrogens is 2. The number of ether oxygens (including phenoxy) is 1. The lowest BCUT2D eigenvalue weighted by Crippen LogP contribution is -2.46. The number of hydrogen-bond acceptors (Lipinski definition) is 5. The smallest absolute Gasteiger partial charge is 0.272 e. The van der Waals surface area contributed by atoms with Crippen molar-refractivity contribution in [2.24, 2.45) is 0 Å². The minimum absolute atomic E-state index is 0.0600. The first-order valence-electron chi connectivity index (χ1n) is 12.0. The van der Waals surface area contributed by atoms with Gasteiger partial charge in [0, 0.05) is 31.9 Å². The van der Waals surface area contributed by atoms with Crippen molar-refractivity contribution in [1.29, 1.82) is 0 Å². The summed E-state index contributed by atoms with van der Waals surface area (Å²) in [5, 5.41) is 0.186. The number of imidazole rings is 1. The van der Waals surface area contributed by atoms with Crippen LogP contribution >= 0.6 is 0 Å². The van der Waals surface area contributed by atoms with E-state index in [-0.39, 0.29) is 22.7 Å². The fourth-order valence-corrected chi connectivity index (χ4v) is 4.48. The molecule has 0 saturated carbocycles. The first kappa shape index (κ1) is 24.8. The Balaban J connectivity index is 1.58. The van der Waals surface area contributed by atoms with Gasteiger partial charge in [0.25, 0.3) is 11.1 Å². The van der Waals surface area contributed by atoms with Gasteiger partial charge in [0.05, 0.1) is 24.7 Å². The van der Waals surface area contributed by atoms with Gasteiger partial charge in [-0.15, -0.1) is 0 Å². The van der Waals surface area contributed by atoms with Crippen molar-refractivity contribution < 1.29 is 9.13 Å². The molecule has 4 rings (SSSR count). The van der Waals surface area contributed by atoms with Crippen LogP contribution in [0.25, 0.3) is 12.2 Å². The van der Waals surface area contributed by atoms with E-state index in [1.54, 1.807) is 24.5 Å². The average molecular weight is 482 g/mol. The van der Waals surface area contributed by atoms with E-state index in [1.165, 1.54) is 18.2 Å². The first-order valence-corrected chi connectivity index (χ1v) is 12.0. The molecule has 3 aromatic rings. The van der Waals surface area contributed by atoms with E-state index in [4.69, 9.17) is 4.74 Å². The summed E-state index contributed by atoms with van der Waals surface area (Å²) >= 11 is 0. The molecule has 186 valence electrons. The number of rotatable bonds is 7. The average Bonchev–Trinajstić information content (AvgIpc) is 3.20. The van der Waals surface area contributed by atoms with Crippen molar-refractivity contribution in [3.8, 4) is 0 Å². The Hall–Kier alpha value is -3.30. The molecule has 1 fully saturated rings. The number of aryl methyl sites for hydroxylation is 1. The van der Waals surface area contributed by atoms with Crippen LogP contribution in [0.4, 0.5) is 4.39 Å². The van der Waals surface area contributed by atoms with Crippen molar-refractivity contribution in [1.82, 2.24) is 24.4 Å². The van der Waals surface area contributed by atoms with Crippen LogP contribution in [0.15, 0.2) is 40.2 Å². The van der Waals surface area contributed by atoms with E-state index in [9.17, 15) is 14.0 Å². The predicted molar refractivity (Wildman–Crippen MR) is 133 cm³/mol. The van der Waals surface area contributed by atoms with Crippen molar-refractivity contribution in [2.45, 2.75) is 45.8 Å². The molecule has 1 saturated heterocycles. The highest BCUT2D eigenvalue weighted by molar-refractivity contribution is 5.49. The molecule has 0 aliphatic carbocycles. The summed E-state index contributed by atoms with van der Waals surface area (Å²) in [6, 6.07) is 5.80. The van der Waals surface area contributed by atoms with Crippen LogP contribution in [0, 0.1) is 5.82 Å². The van der Waals surface area contributed by atoms with E-state index >= 15 is 0 Å². The fraction of sp³-hybridized carbons (Fsp3) is 0.423. The highest BCUT2D eigenvalue weighted by Crippen LogP contribution is 2.20. The maximum Gasteiger partial charge on any atom is 0.272 e.